The zero-order chi connectivity index (χ0) is 12.5. The van der Waals surface area contributed by atoms with Crippen molar-refractivity contribution in [3.05, 3.63) is 22.4 Å². The van der Waals surface area contributed by atoms with Gasteiger partial charge in [-0.25, -0.2) is 0 Å². The van der Waals surface area contributed by atoms with E-state index in [1.54, 1.807) is 11.3 Å². The maximum absolute atomic E-state index is 12.5. The summed E-state index contributed by atoms with van der Waals surface area (Å²) in [5.74, 6) is 0. The molecule has 1 heterocycles. The third kappa shape index (κ3) is 3.96. The van der Waals surface area contributed by atoms with Crippen LogP contribution in [0, 0.1) is 0 Å². The Kier molecular flexibility index (Phi) is 4.15. The highest BCUT2D eigenvalue weighted by molar-refractivity contribution is 9.09. The number of halogens is 4. The molecule has 1 aromatic heterocycles. The molecule has 1 aliphatic rings. The average Bonchev–Trinajstić information content (AvgIpc) is 2.95. The third-order valence-electron chi connectivity index (χ3n) is 2.75. The number of rotatable bonds is 5. The molecule has 1 aromatic rings. The summed E-state index contributed by atoms with van der Waals surface area (Å²) in [5.41, 5.74) is 0. The van der Waals surface area contributed by atoms with Gasteiger partial charge in [-0.15, -0.1) is 11.3 Å². The molecule has 0 radical (unpaired) electrons. The van der Waals surface area contributed by atoms with Crippen molar-refractivity contribution in [2.75, 3.05) is 6.54 Å². The molecule has 0 bridgehead atoms. The smallest absolute Gasteiger partial charge is 0.294 e. The number of hydrogen-bond donors (Lipinski definition) is 0. The molecule has 1 fully saturated rings. The first-order chi connectivity index (χ1) is 7.97. The van der Waals surface area contributed by atoms with Gasteiger partial charge in [-0.2, -0.15) is 13.2 Å². The van der Waals surface area contributed by atoms with E-state index in [9.17, 15) is 13.2 Å². The number of thiophene rings is 1. The van der Waals surface area contributed by atoms with E-state index in [-0.39, 0.29) is 6.54 Å². The van der Waals surface area contributed by atoms with Crippen LogP contribution in [0.5, 0.6) is 0 Å². The van der Waals surface area contributed by atoms with E-state index in [1.807, 2.05) is 22.4 Å². The fraction of sp³-hybridized carbons (Fsp3) is 0.636. The maximum Gasteiger partial charge on any atom is 0.402 e. The van der Waals surface area contributed by atoms with Crippen LogP contribution in [0.25, 0.3) is 0 Å². The lowest BCUT2D eigenvalue weighted by Gasteiger charge is -2.25. The van der Waals surface area contributed by atoms with Crippen LogP contribution in [0.3, 0.4) is 0 Å². The van der Waals surface area contributed by atoms with Crippen LogP contribution < -0.4 is 0 Å². The predicted molar refractivity (Wildman–Crippen MR) is 66.5 cm³/mol. The second-order valence-corrected chi connectivity index (χ2v) is 6.39. The summed E-state index contributed by atoms with van der Waals surface area (Å²) in [6, 6.07) is 4.23. The first-order valence-electron chi connectivity index (χ1n) is 5.44. The third-order valence-corrected chi connectivity index (χ3v) is 4.42. The van der Waals surface area contributed by atoms with Crippen LogP contribution in [0.1, 0.15) is 17.7 Å². The van der Waals surface area contributed by atoms with Crippen LogP contribution in [0.15, 0.2) is 17.5 Å². The molecule has 6 heteroatoms. The second kappa shape index (κ2) is 5.28. The zero-order valence-corrected chi connectivity index (χ0v) is 11.5. The lowest BCUT2D eigenvalue weighted by atomic mass is 10.3. The molecule has 0 aromatic carbocycles. The second-order valence-electron chi connectivity index (χ2n) is 4.25. The van der Waals surface area contributed by atoms with Gasteiger partial charge >= 0.3 is 6.18 Å². The van der Waals surface area contributed by atoms with Gasteiger partial charge in [-0.3, -0.25) is 4.90 Å². The number of alkyl halides is 4. The van der Waals surface area contributed by atoms with Gasteiger partial charge in [0.05, 0.1) is 0 Å². The van der Waals surface area contributed by atoms with Crippen molar-refractivity contribution in [1.29, 1.82) is 0 Å². The summed E-state index contributed by atoms with van der Waals surface area (Å²) in [6.07, 6.45) is -2.13. The number of nitrogens with zero attached hydrogens (tertiary/aromatic N) is 1. The number of hydrogen-bond acceptors (Lipinski definition) is 2. The van der Waals surface area contributed by atoms with Gasteiger partial charge in [0.15, 0.2) is 0 Å². The molecule has 1 saturated carbocycles. The fourth-order valence-corrected chi connectivity index (χ4v) is 2.80. The van der Waals surface area contributed by atoms with E-state index in [0.717, 1.165) is 17.7 Å². The average molecular weight is 328 g/mol. The lowest BCUT2D eigenvalue weighted by molar-refractivity contribution is -0.131. The Morgan fingerprint density at radius 3 is 2.65 bits per heavy atom. The molecule has 2 rings (SSSR count). The molecule has 17 heavy (non-hydrogen) atoms. The van der Waals surface area contributed by atoms with E-state index in [4.69, 9.17) is 0 Å². The largest absolute Gasteiger partial charge is 0.402 e. The van der Waals surface area contributed by atoms with Gasteiger partial charge in [0.2, 0.25) is 0 Å². The molecule has 0 amide bonds. The normalized spacial score (nSPS) is 18.6. The summed E-state index contributed by atoms with van der Waals surface area (Å²) in [4.78, 5) is 1.62. The standard InChI is InChI=1S/C11H13BrF3NS/c12-10(11(13,14)15)7-16(8-3-4-8)6-9-2-1-5-17-9/h1-2,5,8,10H,3-4,6-7H2. The SMILES string of the molecule is FC(F)(F)C(Br)CN(Cc1cccs1)C1CC1. The minimum absolute atomic E-state index is 0.0338. The summed E-state index contributed by atoms with van der Waals surface area (Å²) in [6.45, 7) is 0.659. The van der Waals surface area contributed by atoms with Crippen molar-refractivity contribution in [3.8, 4) is 0 Å². The summed E-state index contributed by atoms with van der Waals surface area (Å²) in [7, 11) is 0. The monoisotopic (exact) mass is 327 g/mol. The Bertz CT molecular complexity index is 348. The highest BCUT2D eigenvalue weighted by atomic mass is 79.9. The molecule has 0 aliphatic heterocycles. The topological polar surface area (TPSA) is 3.24 Å². The van der Waals surface area contributed by atoms with E-state index >= 15 is 0 Å². The summed E-state index contributed by atoms with van der Waals surface area (Å²) >= 11 is 4.33. The molecule has 0 N–H and O–H groups in total. The Hall–Kier alpha value is -0.0700. The Balaban J connectivity index is 1.94. The van der Waals surface area contributed by atoms with Crippen molar-refractivity contribution in [2.45, 2.75) is 36.4 Å². The summed E-state index contributed by atoms with van der Waals surface area (Å²) < 4.78 is 37.5. The zero-order valence-electron chi connectivity index (χ0n) is 9.08. The van der Waals surface area contributed by atoms with Crippen LogP contribution in [-0.4, -0.2) is 28.5 Å². The maximum atomic E-state index is 12.5. The Morgan fingerprint density at radius 1 is 1.47 bits per heavy atom. The molecule has 0 spiro atoms. The lowest BCUT2D eigenvalue weighted by Crippen LogP contribution is -2.38. The van der Waals surface area contributed by atoms with Crippen molar-refractivity contribution in [2.24, 2.45) is 0 Å². The van der Waals surface area contributed by atoms with E-state index in [0.29, 0.717) is 12.6 Å². The minimum Gasteiger partial charge on any atom is -0.294 e. The van der Waals surface area contributed by atoms with Gasteiger partial charge in [0.1, 0.15) is 4.83 Å². The minimum atomic E-state index is -4.16. The van der Waals surface area contributed by atoms with Crippen molar-refractivity contribution in [1.82, 2.24) is 4.90 Å². The molecule has 96 valence electrons. The Labute approximate surface area is 111 Å². The molecule has 1 atom stereocenters. The molecular formula is C11H13BrF3NS. The molecule has 1 nitrogen and oxygen atoms in total. The highest BCUT2D eigenvalue weighted by Gasteiger charge is 2.41. The van der Waals surface area contributed by atoms with Crippen molar-refractivity contribution < 1.29 is 13.2 Å². The van der Waals surface area contributed by atoms with Gasteiger partial charge < -0.3 is 0 Å². The van der Waals surface area contributed by atoms with Gasteiger partial charge in [0.25, 0.3) is 0 Å². The van der Waals surface area contributed by atoms with Crippen LogP contribution in [0.2, 0.25) is 0 Å². The molecular weight excluding hydrogens is 315 g/mol. The molecule has 1 unspecified atom stereocenters. The van der Waals surface area contributed by atoms with Crippen molar-refractivity contribution >= 4 is 27.3 Å². The Morgan fingerprint density at radius 2 is 2.18 bits per heavy atom. The van der Waals surface area contributed by atoms with E-state index in [2.05, 4.69) is 15.9 Å². The van der Waals surface area contributed by atoms with Crippen LogP contribution in [0.4, 0.5) is 13.2 Å². The molecule has 0 saturated heterocycles. The van der Waals surface area contributed by atoms with Gasteiger partial charge in [-0.05, 0) is 24.3 Å². The van der Waals surface area contributed by atoms with Crippen LogP contribution in [-0.2, 0) is 6.54 Å². The first-order valence-corrected chi connectivity index (χ1v) is 7.23. The van der Waals surface area contributed by atoms with Crippen molar-refractivity contribution in [3.63, 3.8) is 0 Å². The van der Waals surface area contributed by atoms with Gasteiger partial charge in [-0.1, -0.05) is 22.0 Å². The quantitative estimate of drug-likeness (QED) is 0.738. The first kappa shape index (κ1) is 13.4. The summed E-state index contributed by atoms with van der Waals surface area (Å²) in [5, 5.41) is 1.95. The van der Waals surface area contributed by atoms with Gasteiger partial charge in [0, 0.05) is 24.0 Å². The van der Waals surface area contributed by atoms with E-state index in [1.165, 1.54) is 0 Å². The van der Waals surface area contributed by atoms with E-state index < -0.39 is 11.0 Å². The van der Waals surface area contributed by atoms with Crippen LogP contribution >= 0.6 is 27.3 Å². The predicted octanol–water partition coefficient (Wildman–Crippen LogP) is 4.04. The highest BCUT2D eigenvalue weighted by Crippen LogP contribution is 2.33. The fourth-order valence-electron chi connectivity index (χ4n) is 1.69. The molecule has 1 aliphatic carbocycles.